The number of ether oxygens (including phenoxy) is 2. The Morgan fingerprint density at radius 3 is 2.38 bits per heavy atom. The standard InChI is InChI=1S/C9H12O4/c1-3-5-8(10)13-9(11)6-4-7-12-2/h3-6H,7H2,1-2H3. The Hall–Kier alpha value is -1.42. The van der Waals surface area contributed by atoms with Crippen LogP contribution in [0.2, 0.25) is 0 Å². The first-order valence-electron chi connectivity index (χ1n) is 3.74. The fourth-order valence-corrected chi connectivity index (χ4v) is 0.544. The third kappa shape index (κ3) is 6.96. The van der Waals surface area contributed by atoms with E-state index < -0.39 is 11.9 Å². The van der Waals surface area contributed by atoms with Crippen LogP contribution in [-0.4, -0.2) is 25.7 Å². The number of carbonyl (C=O) groups is 2. The van der Waals surface area contributed by atoms with Crippen LogP contribution >= 0.6 is 0 Å². The second-order valence-electron chi connectivity index (χ2n) is 2.10. The molecule has 0 N–H and O–H groups in total. The third-order valence-electron chi connectivity index (χ3n) is 1.02. The summed E-state index contributed by atoms with van der Waals surface area (Å²) >= 11 is 0. The molecule has 0 amide bonds. The highest BCUT2D eigenvalue weighted by atomic mass is 16.6. The monoisotopic (exact) mass is 184 g/mol. The lowest BCUT2D eigenvalue weighted by atomic mass is 10.5. The van der Waals surface area contributed by atoms with E-state index >= 15 is 0 Å². The van der Waals surface area contributed by atoms with Gasteiger partial charge < -0.3 is 9.47 Å². The van der Waals surface area contributed by atoms with Crippen molar-refractivity contribution in [3.8, 4) is 0 Å². The van der Waals surface area contributed by atoms with E-state index in [1.807, 2.05) is 0 Å². The topological polar surface area (TPSA) is 52.6 Å². The maximum atomic E-state index is 10.8. The van der Waals surface area contributed by atoms with Gasteiger partial charge in [0.2, 0.25) is 0 Å². The Labute approximate surface area is 76.8 Å². The normalized spacial score (nSPS) is 10.9. The van der Waals surface area contributed by atoms with Gasteiger partial charge in [0.1, 0.15) is 0 Å². The molecule has 0 heterocycles. The molecule has 0 rings (SSSR count). The molecule has 0 unspecified atom stereocenters. The second kappa shape index (κ2) is 7.24. The molecule has 0 aliphatic heterocycles. The van der Waals surface area contributed by atoms with E-state index in [-0.39, 0.29) is 0 Å². The summed E-state index contributed by atoms with van der Waals surface area (Å²) in [6.45, 7) is 1.97. The first-order valence-corrected chi connectivity index (χ1v) is 3.74. The molecule has 0 spiro atoms. The van der Waals surface area contributed by atoms with Gasteiger partial charge in [-0.25, -0.2) is 9.59 Å². The summed E-state index contributed by atoms with van der Waals surface area (Å²) in [5, 5.41) is 0. The van der Waals surface area contributed by atoms with Gasteiger partial charge >= 0.3 is 11.9 Å². The van der Waals surface area contributed by atoms with Crippen LogP contribution in [0.25, 0.3) is 0 Å². The van der Waals surface area contributed by atoms with E-state index in [9.17, 15) is 9.59 Å². The quantitative estimate of drug-likeness (QED) is 0.369. The number of esters is 2. The van der Waals surface area contributed by atoms with Crippen LogP contribution in [0, 0.1) is 0 Å². The van der Waals surface area contributed by atoms with Crippen molar-refractivity contribution in [3.63, 3.8) is 0 Å². The molecule has 0 aliphatic rings. The van der Waals surface area contributed by atoms with Crippen molar-refractivity contribution in [3.05, 3.63) is 24.3 Å². The fourth-order valence-electron chi connectivity index (χ4n) is 0.544. The molecule has 4 heteroatoms. The van der Waals surface area contributed by atoms with Crippen LogP contribution in [0.4, 0.5) is 0 Å². The zero-order valence-electron chi connectivity index (χ0n) is 7.65. The molecular formula is C9H12O4. The SMILES string of the molecule is CC=CC(=O)OC(=O)C=CCOC. The minimum Gasteiger partial charge on any atom is -0.387 e. The van der Waals surface area contributed by atoms with Gasteiger partial charge in [-0.15, -0.1) is 0 Å². The van der Waals surface area contributed by atoms with E-state index in [0.29, 0.717) is 6.61 Å². The van der Waals surface area contributed by atoms with Crippen molar-refractivity contribution in [1.29, 1.82) is 0 Å². The molecule has 0 aliphatic carbocycles. The summed E-state index contributed by atoms with van der Waals surface area (Å²) in [5.41, 5.74) is 0. The molecular weight excluding hydrogens is 172 g/mol. The van der Waals surface area contributed by atoms with Crippen molar-refractivity contribution < 1.29 is 19.1 Å². The number of allylic oxidation sites excluding steroid dienone is 1. The van der Waals surface area contributed by atoms with Gasteiger partial charge in [-0.3, -0.25) is 0 Å². The molecule has 72 valence electrons. The fraction of sp³-hybridized carbons (Fsp3) is 0.333. The average molecular weight is 184 g/mol. The van der Waals surface area contributed by atoms with Crippen molar-refractivity contribution in [1.82, 2.24) is 0 Å². The minimum absolute atomic E-state index is 0.312. The van der Waals surface area contributed by atoms with Crippen LogP contribution in [0.5, 0.6) is 0 Å². The van der Waals surface area contributed by atoms with E-state index in [4.69, 9.17) is 0 Å². The van der Waals surface area contributed by atoms with Crippen molar-refractivity contribution in [2.75, 3.05) is 13.7 Å². The highest BCUT2D eigenvalue weighted by Gasteiger charge is 2.01. The smallest absolute Gasteiger partial charge is 0.338 e. The Morgan fingerprint density at radius 2 is 1.85 bits per heavy atom. The van der Waals surface area contributed by atoms with E-state index in [2.05, 4.69) is 9.47 Å². The lowest BCUT2D eigenvalue weighted by molar-refractivity contribution is -0.152. The first kappa shape index (κ1) is 11.6. The average Bonchev–Trinajstić information content (AvgIpc) is 2.05. The van der Waals surface area contributed by atoms with Crippen LogP contribution < -0.4 is 0 Å². The summed E-state index contributed by atoms with van der Waals surface area (Å²) in [6, 6.07) is 0. The Balaban J connectivity index is 3.80. The van der Waals surface area contributed by atoms with E-state index in [1.54, 1.807) is 6.92 Å². The molecule has 4 nitrogen and oxygen atoms in total. The molecule has 0 aromatic carbocycles. The summed E-state index contributed by atoms with van der Waals surface area (Å²) in [6.07, 6.45) is 5.27. The molecule has 0 atom stereocenters. The van der Waals surface area contributed by atoms with Gasteiger partial charge in [-0.1, -0.05) is 12.2 Å². The molecule has 0 radical (unpaired) electrons. The Kier molecular flexibility index (Phi) is 6.45. The molecule has 0 aromatic heterocycles. The lowest BCUT2D eigenvalue weighted by Gasteiger charge is -1.93. The van der Waals surface area contributed by atoms with Gasteiger partial charge in [0.15, 0.2) is 0 Å². The van der Waals surface area contributed by atoms with Gasteiger partial charge in [0.25, 0.3) is 0 Å². The highest BCUT2D eigenvalue weighted by molar-refractivity contribution is 5.96. The predicted molar refractivity (Wildman–Crippen MR) is 46.9 cm³/mol. The van der Waals surface area contributed by atoms with Gasteiger partial charge in [0, 0.05) is 19.3 Å². The number of rotatable bonds is 4. The number of carbonyl (C=O) groups excluding carboxylic acids is 2. The molecule has 13 heavy (non-hydrogen) atoms. The molecule has 0 saturated carbocycles. The minimum atomic E-state index is -0.694. The summed E-state index contributed by atoms with van der Waals surface area (Å²) in [5.74, 6) is -1.37. The first-order chi connectivity index (χ1) is 6.20. The third-order valence-corrected chi connectivity index (χ3v) is 1.02. The van der Waals surface area contributed by atoms with Crippen LogP contribution in [0.15, 0.2) is 24.3 Å². The Morgan fingerprint density at radius 1 is 1.23 bits per heavy atom. The van der Waals surface area contributed by atoms with Gasteiger partial charge in [-0.2, -0.15) is 0 Å². The van der Waals surface area contributed by atoms with Crippen LogP contribution in [0.1, 0.15) is 6.92 Å². The van der Waals surface area contributed by atoms with Crippen LogP contribution in [0.3, 0.4) is 0 Å². The maximum Gasteiger partial charge on any atom is 0.338 e. The Bertz CT molecular complexity index is 228. The number of hydrogen-bond donors (Lipinski definition) is 0. The highest BCUT2D eigenvalue weighted by Crippen LogP contribution is 1.86. The summed E-state index contributed by atoms with van der Waals surface area (Å²) < 4.78 is 8.98. The largest absolute Gasteiger partial charge is 0.387 e. The van der Waals surface area contributed by atoms with Crippen molar-refractivity contribution in [2.45, 2.75) is 6.92 Å². The lowest BCUT2D eigenvalue weighted by Crippen LogP contribution is -2.07. The predicted octanol–water partition coefficient (Wildman–Crippen LogP) is 0.835. The number of hydrogen-bond acceptors (Lipinski definition) is 4. The van der Waals surface area contributed by atoms with Crippen LogP contribution in [-0.2, 0) is 19.1 Å². The van der Waals surface area contributed by atoms with E-state index in [0.717, 1.165) is 6.08 Å². The molecule has 0 saturated heterocycles. The number of methoxy groups -OCH3 is 1. The summed E-state index contributed by atoms with van der Waals surface area (Å²) in [7, 11) is 1.50. The second-order valence-corrected chi connectivity index (χ2v) is 2.10. The van der Waals surface area contributed by atoms with Gasteiger partial charge in [-0.05, 0) is 6.92 Å². The molecule has 0 fully saturated rings. The molecule has 0 aromatic rings. The zero-order valence-corrected chi connectivity index (χ0v) is 7.65. The van der Waals surface area contributed by atoms with Crippen molar-refractivity contribution >= 4 is 11.9 Å². The molecule has 0 bridgehead atoms. The summed E-state index contributed by atoms with van der Waals surface area (Å²) in [4.78, 5) is 21.5. The maximum absolute atomic E-state index is 10.8. The zero-order chi connectivity index (χ0) is 10.1. The van der Waals surface area contributed by atoms with Crippen molar-refractivity contribution in [2.24, 2.45) is 0 Å². The van der Waals surface area contributed by atoms with Gasteiger partial charge in [0.05, 0.1) is 6.61 Å². The van der Waals surface area contributed by atoms with E-state index in [1.165, 1.54) is 25.3 Å².